The van der Waals surface area contributed by atoms with Gasteiger partial charge in [0.15, 0.2) is 0 Å². The molecule has 6 heteroatoms. The number of aromatic amines is 1. The number of fused-ring (bicyclic) bond motifs is 1. The summed E-state index contributed by atoms with van der Waals surface area (Å²) in [6.45, 7) is 3.97. The molecule has 28 heavy (non-hydrogen) atoms. The van der Waals surface area contributed by atoms with E-state index in [0.29, 0.717) is 24.5 Å². The van der Waals surface area contributed by atoms with Crippen molar-refractivity contribution >= 4 is 17.5 Å². The minimum Gasteiger partial charge on any atom is -0.351 e. The van der Waals surface area contributed by atoms with Crippen LogP contribution in [0.3, 0.4) is 0 Å². The number of carbonyl (C=O) groups excluding carboxylic acids is 1. The van der Waals surface area contributed by atoms with Gasteiger partial charge in [-0.25, -0.2) is 4.98 Å². The van der Waals surface area contributed by atoms with Crippen LogP contribution in [0.1, 0.15) is 28.1 Å². The Hall–Kier alpha value is -2.63. The van der Waals surface area contributed by atoms with Crippen molar-refractivity contribution in [2.75, 3.05) is 0 Å². The van der Waals surface area contributed by atoms with E-state index in [1.54, 1.807) is 6.33 Å². The summed E-state index contributed by atoms with van der Waals surface area (Å²) >= 11 is 5.94. The number of benzene rings is 2. The van der Waals surface area contributed by atoms with Gasteiger partial charge in [-0.2, -0.15) is 0 Å². The zero-order valence-electron chi connectivity index (χ0n) is 15.8. The topological polar surface area (TPSA) is 61.0 Å². The fourth-order valence-electron chi connectivity index (χ4n) is 3.55. The molecule has 0 saturated carbocycles. The summed E-state index contributed by atoms with van der Waals surface area (Å²) in [6.07, 6.45) is 2.32. The van der Waals surface area contributed by atoms with Crippen molar-refractivity contribution in [1.82, 2.24) is 20.2 Å². The summed E-state index contributed by atoms with van der Waals surface area (Å²) in [4.78, 5) is 22.8. The van der Waals surface area contributed by atoms with Crippen LogP contribution in [-0.2, 0) is 30.8 Å². The number of nitrogens with one attached hydrogen (secondary N) is 2. The summed E-state index contributed by atoms with van der Waals surface area (Å²) < 4.78 is 0. The van der Waals surface area contributed by atoms with Crippen LogP contribution in [0.4, 0.5) is 0 Å². The van der Waals surface area contributed by atoms with Crippen molar-refractivity contribution in [1.29, 1.82) is 0 Å². The Morgan fingerprint density at radius 3 is 2.64 bits per heavy atom. The molecular formula is C22H23ClN4O. The first-order valence-electron chi connectivity index (χ1n) is 9.41. The highest BCUT2D eigenvalue weighted by molar-refractivity contribution is 6.30. The maximum absolute atomic E-state index is 13.0. The smallest absolute Gasteiger partial charge is 0.238 e. The first-order valence-corrected chi connectivity index (χ1v) is 9.79. The standard InChI is InChI=1S/C22H23ClN4O/c1-15-2-4-17(5-3-15)12-27-13-20-19(25-14-26-20)10-21(27)22(28)24-11-16-6-8-18(23)9-7-16/h2-9,14,21H,10-13H2,1H3,(H,24,28)(H,25,26)/t21-/m0/s1. The van der Waals surface area contributed by atoms with Crippen molar-refractivity contribution < 1.29 is 4.79 Å². The van der Waals surface area contributed by atoms with Gasteiger partial charge in [-0.3, -0.25) is 9.69 Å². The van der Waals surface area contributed by atoms with E-state index in [1.165, 1.54) is 11.1 Å². The van der Waals surface area contributed by atoms with E-state index in [2.05, 4.69) is 51.4 Å². The van der Waals surface area contributed by atoms with Gasteiger partial charge in [-0.05, 0) is 30.2 Å². The van der Waals surface area contributed by atoms with Gasteiger partial charge in [0.05, 0.1) is 23.8 Å². The van der Waals surface area contributed by atoms with Crippen molar-refractivity contribution in [3.8, 4) is 0 Å². The highest BCUT2D eigenvalue weighted by Gasteiger charge is 2.32. The lowest BCUT2D eigenvalue weighted by Gasteiger charge is -2.34. The molecule has 2 aromatic carbocycles. The predicted molar refractivity (Wildman–Crippen MR) is 110 cm³/mol. The van der Waals surface area contributed by atoms with E-state index < -0.39 is 0 Å². The molecule has 0 radical (unpaired) electrons. The highest BCUT2D eigenvalue weighted by atomic mass is 35.5. The summed E-state index contributed by atoms with van der Waals surface area (Å²) in [5, 5.41) is 3.77. The molecule has 1 amide bonds. The summed E-state index contributed by atoms with van der Waals surface area (Å²) in [6, 6.07) is 15.8. The number of H-pyrrole nitrogens is 1. The minimum absolute atomic E-state index is 0.0238. The Morgan fingerprint density at radius 2 is 1.89 bits per heavy atom. The summed E-state index contributed by atoms with van der Waals surface area (Å²) in [5.74, 6) is 0.0238. The van der Waals surface area contributed by atoms with Gasteiger partial charge in [0.25, 0.3) is 0 Å². The van der Waals surface area contributed by atoms with E-state index in [-0.39, 0.29) is 11.9 Å². The molecule has 0 fully saturated rings. The second-order valence-corrected chi connectivity index (χ2v) is 7.72. The van der Waals surface area contributed by atoms with Crippen LogP contribution in [0.15, 0.2) is 54.9 Å². The monoisotopic (exact) mass is 394 g/mol. The largest absolute Gasteiger partial charge is 0.351 e. The molecule has 2 heterocycles. The number of amides is 1. The molecule has 2 N–H and O–H groups in total. The average molecular weight is 395 g/mol. The number of hydrogen-bond donors (Lipinski definition) is 2. The van der Waals surface area contributed by atoms with Gasteiger partial charge in [-0.15, -0.1) is 0 Å². The quantitative estimate of drug-likeness (QED) is 0.694. The number of halogens is 1. The van der Waals surface area contributed by atoms with Crippen LogP contribution in [0.5, 0.6) is 0 Å². The Kier molecular flexibility index (Phi) is 5.46. The van der Waals surface area contributed by atoms with Crippen molar-refractivity contribution in [2.45, 2.75) is 39.0 Å². The number of rotatable bonds is 5. The molecule has 0 bridgehead atoms. The third-order valence-corrected chi connectivity index (χ3v) is 5.44. The zero-order valence-corrected chi connectivity index (χ0v) is 16.5. The minimum atomic E-state index is -0.246. The highest BCUT2D eigenvalue weighted by Crippen LogP contribution is 2.23. The van der Waals surface area contributed by atoms with Crippen LogP contribution in [0.25, 0.3) is 0 Å². The molecule has 4 rings (SSSR count). The van der Waals surface area contributed by atoms with Crippen molar-refractivity contribution in [2.24, 2.45) is 0 Å². The molecule has 3 aromatic rings. The lowest BCUT2D eigenvalue weighted by atomic mass is 10.0. The Morgan fingerprint density at radius 1 is 1.18 bits per heavy atom. The molecule has 5 nitrogen and oxygen atoms in total. The van der Waals surface area contributed by atoms with Crippen LogP contribution in [-0.4, -0.2) is 26.8 Å². The van der Waals surface area contributed by atoms with Crippen LogP contribution < -0.4 is 5.32 Å². The van der Waals surface area contributed by atoms with Crippen molar-refractivity contribution in [3.63, 3.8) is 0 Å². The third kappa shape index (κ3) is 4.26. The van der Waals surface area contributed by atoms with E-state index in [0.717, 1.165) is 23.5 Å². The molecular weight excluding hydrogens is 372 g/mol. The van der Waals surface area contributed by atoms with E-state index in [9.17, 15) is 4.79 Å². The molecule has 0 spiro atoms. The fraction of sp³-hybridized carbons (Fsp3) is 0.273. The molecule has 144 valence electrons. The summed E-state index contributed by atoms with van der Waals surface area (Å²) in [5.41, 5.74) is 5.53. The second-order valence-electron chi connectivity index (χ2n) is 7.28. The average Bonchev–Trinajstić information content (AvgIpc) is 3.16. The molecule has 1 aromatic heterocycles. The summed E-state index contributed by atoms with van der Waals surface area (Å²) in [7, 11) is 0. The maximum Gasteiger partial charge on any atom is 0.238 e. The molecule has 1 aliphatic heterocycles. The number of carbonyl (C=O) groups is 1. The zero-order chi connectivity index (χ0) is 19.5. The number of nitrogens with zero attached hydrogens (tertiary/aromatic N) is 2. The van der Waals surface area contributed by atoms with E-state index >= 15 is 0 Å². The van der Waals surface area contributed by atoms with Crippen LogP contribution >= 0.6 is 11.6 Å². The normalized spacial score (nSPS) is 16.6. The number of hydrogen-bond acceptors (Lipinski definition) is 3. The molecule has 1 atom stereocenters. The van der Waals surface area contributed by atoms with Gasteiger partial charge in [0.2, 0.25) is 5.91 Å². The van der Waals surface area contributed by atoms with E-state index in [4.69, 9.17) is 11.6 Å². The van der Waals surface area contributed by atoms with Crippen LogP contribution in [0.2, 0.25) is 5.02 Å². The second kappa shape index (κ2) is 8.17. The van der Waals surface area contributed by atoms with Crippen LogP contribution in [0, 0.1) is 6.92 Å². The maximum atomic E-state index is 13.0. The number of aromatic nitrogens is 2. The van der Waals surface area contributed by atoms with Gasteiger partial charge < -0.3 is 10.3 Å². The Bertz CT molecular complexity index is 949. The first-order chi connectivity index (χ1) is 13.6. The van der Waals surface area contributed by atoms with Gasteiger partial charge in [0.1, 0.15) is 0 Å². The Balaban J connectivity index is 1.48. The van der Waals surface area contributed by atoms with Gasteiger partial charge in [-0.1, -0.05) is 53.6 Å². The lowest BCUT2D eigenvalue weighted by Crippen LogP contribution is -2.49. The molecule has 1 aliphatic rings. The number of aryl methyl sites for hydroxylation is 1. The Labute approximate surface area is 169 Å². The fourth-order valence-corrected chi connectivity index (χ4v) is 3.68. The number of imidazole rings is 1. The molecule has 0 aliphatic carbocycles. The van der Waals surface area contributed by atoms with Gasteiger partial charge in [0, 0.05) is 31.1 Å². The molecule has 0 unspecified atom stereocenters. The van der Waals surface area contributed by atoms with E-state index in [1.807, 2.05) is 24.3 Å². The SMILES string of the molecule is Cc1ccc(CN2Cc3[nH]cnc3C[C@H]2C(=O)NCc2ccc(Cl)cc2)cc1. The third-order valence-electron chi connectivity index (χ3n) is 5.19. The molecule has 0 saturated heterocycles. The van der Waals surface area contributed by atoms with Crippen molar-refractivity contribution in [3.05, 3.63) is 88.0 Å². The first kappa shape index (κ1) is 18.7. The lowest BCUT2D eigenvalue weighted by molar-refractivity contribution is -0.127. The van der Waals surface area contributed by atoms with Gasteiger partial charge >= 0.3 is 0 Å². The predicted octanol–water partition coefficient (Wildman–Crippen LogP) is 3.61.